The maximum Gasteiger partial charge on any atom is 0.274 e. The lowest BCUT2D eigenvalue weighted by atomic mass is 9.74. The normalized spacial score (nSPS) is 13.1. The van der Waals surface area contributed by atoms with Gasteiger partial charge in [-0.05, 0) is 144 Å². The van der Waals surface area contributed by atoms with Gasteiger partial charge < -0.3 is 4.74 Å². The predicted molar refractivity (Wildman–Crippen MR) is 324 cm³/mol. The van der Waals surface area contributed by atoms with E-state index in [1.807, 2.05) is 18.5 Å². The predicted octanol–water partition coefficient (Wildman–Crippen LogP) is 18.7. The second kappa shape index (κ2) is 18.7. The van der Waals surface area contributed by atoms with Gasteiger partial charge in [-0.3, -0.25) is 4.57 Å². The van der Waals surface area contributed by atoms with Crippen molar-refractivity contribution in [1.82, 2.24) is 19.1 Å². The van der Waals surface area contributed by atoms with Crippen molar-refractivity contribution in [1.29, 1.82) is 0 Å². The van der Waals surface area contributed by atoms with E-state index in [2.05, 4.69) is 278 Å². The Balaban J connectivity index is 1.21. The molecule has 0 saturated heterocycles. The average molecular weight is 1020 g/mol. The van der Waals surface area contributed by atoms with Gasteiger partial charge in [-0.15, -0.1) is 0 Å². The summed E-state index contributed by atoms with van der Waals surface area (Å²) in [4.78, 5) is 10.1. The molecule has 6 heteroatoms. The van der Waals surface area contributed by atoms with Gasteiger partial charge in [-0.25, -0.2) is 9.97 Å². The number of imidazole rings is 1. The molecule has 0 bridgehead atoms. The number of nitrogens with zero attached hydrogens (tertiary/aromatic N) is 5. The number of aromatic nitrogens is 5. The number of hydrogen-bond donors (Lipinski definition) is 0. The summed E-state index contributed by atoms with van der Waals surface area (Å²) in [6.45, 7) is 41.8. The maximum absolute atomic E-state index is 6.91. The lowest BCUT2D eigenvalue weighted by Crippen LogP contribution is -2.32. The zero-order chi connectivity index (χ0) is 55.4. The molecule has 6 nitrogen and oxygen atoms in total. The number of hydrogen-bond acceptors (Lipinski definition) is 3. The molecule has 10 aromatic rings. The number of fused-ring (bicyclic) bond motifs is 4. The number of rotatable bonds is 7. The van der Waals surface area contributed by atoms with Crippen molar-refractivity contribution in [2.24, 2.45) is 0 Å². The summed E-state index contributed by atoms with van der Waals surface area (Å²) in [6, 6.07) is 51.5. The van der Waals surface area contributed by atoms with Crippen LogP contribution in [0.25, 0.3) is 72.4 Å². The maximum atomic E-state index is 6.91. The van der Waals surface area contributed by atoms with E-state index in [4.69, 9.17) is 14.7 Å². The topological polar surface area (TPSA) is 48.8 Å². The molecule has 0 unspecified atom stereocenters. The molecule has 4 aromatic heterocycles. The van der Waals surface area contributed by atoms with Crippen LogP contribution < -0.4 is 9.30 Å². The summed E-state index contributed by atoms with van der Waals surface area (Å²) >= 11 is 0. The highest BCUT2D eigenvalue weighted by molar-refractivity contribution is 6.09. The van der Waals surface area contributed by atoms with Crippen molar-refractivity contribution in [3.8, 4) is 50.9 Å². The minimum Gasteiger partial charge on any atom is -0.457 e. The number of pyridine rings is 2. The fraction of sp³-hybridized carbons (Fsp3) is 0.338. The van der Waals surface area contributed by atoms with Gasteiger partial charge in [-0.2, -0.15) is 9.13 Å². The molecule has 0 spiro atoms. The molecule has 0 saturated carbocycles. The first-order chi connectivity index (χ1) is 36.0. The number of ether oxygens (including phenoxy) is 1. The van der Waals surface area contributed by atoms with Gasteiger partial charge in [0.1, 0.15) is 28.7 Å². The van der Waals surface area contributed by atoms with Gasteiger partial charge in [0.2, 0.25) is 0 Å². The molecule has 394 valence electrons. The molecule has 0 aliphatic carbocycles. The Morgan fingerprint density at radius 3 is 1.53 bits per heavy atom. The smallest absolute Gasteiger partial charge is 0.274 e. The zero-order valence-electron chi connectivity index (χ0n) is 49.2. The first-order valence-electron chi connectivity index (χ1n) is 27.6. The third-order valence-corrected chi connectivity index (χ3v) is 15.5. The van der Waals surface area contributed by atoms with Crippen molar-refractivity contribution >= 4 is 33.0 Å². The largest absolute Gasteiger partial charge is 0.457 e. The van der Waals surface area contributed by atoms with Crippen LogP contribution in [-0.4, -0.2) is 19.1 Å². The Morgan fingerprint density at radius 2 is 0.948 bits per heavy atom. The van der Waals surface area contributed by atoms with E-state index in [-0.39, 0.29) is 32.5 Å². The molecule has 0 radical (unpaired) electrons. The van der Waals surface area contributed by atoms with Gasteiger partial charge in [0, 0.05) is 46.4 Å². The Hall–Kier alpha value is -7.31. The van der Waals surface area contributed by atoms with E-state index in [0.717, 1.165) is 56.3 Å². The zero-order valence-corrected chi connectivity index (χ0v) is 49.2. The van der Waals surface area contributed by atoms with E-state index in [9.17, 15) is 0 Å². The minimum atomic E-state index is -0.162. The van der Waals surface area contributed by atoms with Crippen LogP contribution in [0.4, 0.5) is 0 Å². The van der Waals surface area contributed by atoms with E-state index >= 15 is 0 Å². The van der Waals surface area contributed by atoms with Crippen LogP contribution in [0.5, 0.6) is 11.5 Å². The van der Waals surface area contributed by atoms with Crippen LogP contribution in [0.1, 0.15) is 158 Å². The van der Waals surface area contributed by atoms with Crippen molar-refractivity contribution in [2.45, 2.75) is 157 Å². The Labute approximate surface area is 458 Å². The molecular weight excluding hydrogens is 939 g/mol. The summed E-state index contributed by atoms with van der Waals surface area (Å²) in [5.41, 5.74) is 18.0. The molecule has 0 aliphatic heterocycles. The molecule has 0 amide bonds. The molecule has 0 aliphatic rings. The van der Waals surface area contributed by atoms with Crippen LogP contribution in [0.15, 0.2) is 158 Å². The van der Waals surface area contributed by atoms with Crippen LogP contribution >= 0.6 is 0 Å². The number of benzene rings is 6. The van der Waals surface area contributed by atoms with E-state index in [1.165, 1.54) is 61.0 Å². The van der Waals surface area contributed by atoms with Crippen LogP contribution in [0.2, 0.25) is 0 Å². The molecule has 77 heavy (non-hydrogen) atoms. The van der Waals surface area contributed by atoms with Crippen molar-refractivity contribution in [3.63, 3.8) is 0 Å². The van der Waals surface area contributed by atoms with Gasteiger partial charge in [0.05, 0.1) is 11.0 Å². The van der Waals surface area contributed by atoms with E-state index in [1.54, 1.807) is 0 Å². The first-order valence-corrected chi connectivity index (χ1v) is 27.6. The third-order valence-electron chi connectivity index (χ3n) is 15.5. The Morgan fingerprint density at radius 1 is 0.403 bits per heavy atom. The standard InChI is InChI=1S/C71H80N5O/c1-66(2,3)45-28-32-58(70(13,14)15)54(37-45)56-39-48(69(10,11)12)40-57(55-38-46(67(4,5)6)29-33-59(55)71(16,17)18)64(56)75-44-74(65-61(75)27-22-35-73-65)49-23-21-24-50(42-49)77-51-30-31-53-52-25-19-20-26-60(52)76(62(53)43-51)63-41-47(34-36-72-63)68(7,8)9/h19-44H,1-18H3/q+1. The second-order valence-corrected chi connectivity index (χ2v) is 27.7. The van der Waals surface area contributed by atoms with Crippen LogP contribution in [0, 0.1) is 0 Å². The summed E-state index contributed by atoms with van der Waals surface area (Å²) < 4.78 is 13.8. The number of para-hydroxylation sites is 1. The fourth-order valence-corrected chi connectivity index (χ4v) is 11.0. The summed E-state index contributed by atoms with van der Waals surface area (Å²) in [6.07, 6.45) is 6.09. The summed E-state index contributed by atoms with van der Waals surface area (Å²) in [5.74, 6) is 2.35. The Kier molecular flexibility index (Phi) is 12.9. The van der Waals surface area contributed by atoms with Crippen molar-refractivity contribution in [3.05, 3.63) is 192 Å². The average Bonchev–Trinajstić information content (AvgIpc) is 3.98. The highest BCUT2D eigenvalue weighted by atomic mass is 16.5. The molecular formula is C71H80N5O+. The molecule has 0 atom stereocenters. The first kappa shape index (κ1) is 53.1. The summed E-state index contributed by atoms with van der Waals surface area (Å²) in [7, 11) is 0. The quantitative estimate of drug-likeness (QED) is 0.150. The lowest BCUT2D eigenvalue weighted by molar-refractivity contribution is -0.566. The monoisotopic (exact) mass is 1020 g/mol. The molecule has 6 aromatic carbocycles. The molecule has 0 N–H and O–H groups in total. The highest BCUT2D eigenvalue weighted by Gasteiger charge is 2.34. The van der Waals surface area contributed by atoms with Gasteiger partial charge in [-0.1, -0.05) is 185 Å². The van der Waals surface area contributed by atoms with Crippen LogP contribution in [0.3, 0.4) is 0 Å². The minimum absolute atomic E-state index is 0.0291. The fourth-order valence-electron chi connectivity index (χ4n) is 11.0. The van der Waals surface area contributed by atoms with Gasteiger partial charge in [0.25, 0.3) is 12.0 Å². The third kappa shape index (κ3) is 10.1. The lowest BCUT2D eigenvalue weighted by Gasteiger charge is -2.31. The van der Waals surface area contributed by atoms with E-state index < -0.39 is 0 Å². The Bertz CT molecular complexity index is 3800. The molecule has 10 rings (SSSR count). The molecule has 0 fully saturated rings. The SMILES string of the molecule is CC(C)(C)c1ccnc(-n2c3ccccc3c3ccc(Oc4cccc(-n5c[n+](-c6c(-c7cc(C(C)(C)C)ccc7C(C)(C)C)cc(C(C)(C)C)cc6-c6cc(C(C)(C)C)ccc6C(C)(C)C)c6cccnc65)c4)cc32)c1. The van der Waals surface area contributed by atoms with E-state index in [0.29, 0.717) is 0 Å². The van der Waals surface area contributed by atoms with Crippen molar-refractivity contribution in [2.75, 3.05) is 0 Å². The summed E-state index contributed by atoms with van der Waals surface area (Å²) in [5, 5.41) is 2.32. The van der Waals surface area contributed by atoms with Gasteiger partial charge in [0.15, 0.2) is 5.52 Å². The molecule has 4 heterocycles. The second-order valence-electron chi connectivity index (χ2n) is 27.7. The van der Waals surface area contributed by atoms with Gasteiger partial charge >= 0.3 is 0 Å². The van der Waals surface area contributed by atoms with Crippen molar-refractivity contribution < 1.29 is 9.30 Å². The highest BCUT2D eigenvalue weighted by Crippen LogP contribution is 2.47. The van der Waals surface area contributed by atoms with Crippen LogP contribution in [-0.2, 0) is 32.5 Å².